The molecule has 0 unspecified atom stereocenters. The smallest absolute Gasteiger partial charge is 0.256 e. The summed E-state index contributed by atoms with van der Waals surface area (Å²) in [6.07, 6.45) is 3.67. The Morgan fingerprint density at radius 3 is 2.60 bits per heavy atom. The predicted molar refractivity (Wildman–Crippen MR) is 102 cm³/mol. The molecule has 0 aliphatic rings. The van der Waals surface area contributed by atoms with Gasteiger partial charge in [0.1, 0.15) is 17.5 Å². The second-order valence-corrected chi connectivity index (χ2v) is 6.78. The molecule has 0 saturated heterocycles. The van der Waals surface area contributed by atoms with E-state index >= 15 is 0 Å². The SMILES string of the molecule is CCCCC[C@@](C)(OC)C(=O)Nc1ccc(O[C@@H](C)COC)c(Cl)c1. The van der Waals surface area contributed by atoms with Crippen LogP contribution in [0.15, 0.2) is 18.2 Å². The van der Waals surface area contributed by atoms with Crippen molar-refractivity contribution < 1.29 is 19.0 Å². The van der Waals surface area contributed by atoms with E-state index in [1.807, 2.05) is 13.8 Å². The lowest BCUT2D eigenvalue weighted by Crippen LogP contribution is -2.41. The van der Waals surface area contributed by atoms with Gasteiger partial charge in [-0.25, -0.2) is 0 Å². The van der Waals surface area contributed by atoms with E-state index < -0.39 is 5.60 Å². The molecule has 0 spiro atoms. The second-order valence-electron chi connectivity index (χ2n) is 6.38. The number of methoxy groups -OCH3 is 2. The summed E-state index contributed by atoms with van der Waals surface area (Å²) in [6, 6.07) is 5.18. The zero-order valence-corrected chi connectivity index (χ0v) is 16.6. The Morgan fingerprint density at radius 1 is 1.32 bits per heavy atom. The van der Waals surface area contributed by atoms with Crippen LogP contribution in [0, 0.1) is 0 Å². The molecule has 0 aromatic heterocycles. The van der Waals surface area contributed by atoms with E-state index in [0.717, 1.165) is 19.3 Å². The van der Waals surface area contributed by atoms with Gasteiger partial charge in [-0.1, -0.05) is 37.8 Å². The third-order valence-electron chi connectivity index (χ3n) is 4.11. The number of carbonyl (C=O) groups excluding carboxylic acids is 1. The predicted octanol–water partition coefficient (Wildman–Crippen LogP) is 4.68. The van der Waals surface area contributed by atoms with Gasteiger partial charge in [0.25, 0.3) is 5.91 Å². The van der Waals surface area contributed by atoms with Crippen LogP contribution in [0.4, 0.5) is 5.69 Å². The first-order chi connectivity index (χ1) is 11.9. The molecule has 25 heavy (non-hydrogen) atoms. The summed E-state index contributed by atoms with van der Waals surface area (Å²) < 4.78 is 16.2. The van der Waals surface area contributed by atoms with Crippen molar-refractivity contribution in [1.29, 1.82) is 0 Å². The van der Waals surface area contributed by atoms with Gasteiger partial charge >= 0.3 is 0 Å². The fourth-order valence-electron chi connectivity index (χ4n) is 2.44. The Bertz CT molecular complexity index is 552. The minimum atomic E-state index is -0.857. The second kappa shape index (κ2) is 10.6. The van der Waals surface area contributed by atoms with Gasteiger partial charge in [-0.15, -0.1) is 0 Å². The van der Waals surface area contributed by atoms with Crippen LogP contribution in [-0.2, 0) is 14.3 Å². The van der Waals surface area contributed by atoms with Crippen LogP contribution in [0.2, 0.25) is 5.02 Å². The fraction of sp³-hybridized carbons (Fsp3) is 0.632. The van der Waals surface area contributed by atoms with Crippen molar-refractivity contribution in [2.45, 2.75) is 58.2 Å². The number of hydrogen-bond donors (Lipinski definition) is 1. The van der Waals surface area contributed by atoms with E-state index in [-0.39, 0.29) is 12.0 Å². The maximum atomic E-state index is 12.6. The molecule has 0 heterocycles. The highest BCUT2D eigenvalue weighted by molar-refractivity contribution is 6.32. The Kier molecular flexibility index (Phi) is 9.25. The number of benzene rings is 1. The van der Waals surface area contributed by atoms with Crippen molar-refractivity contribution in [3.05, 3.63) is 23.2 Å². The average Bonchev–Trinajstić information content (AvgIpc) is 2.57. The number of hydrogen-bond acceptors (Lipinski definition) is 4. The summed E-state index contributed by atoms with van der Waals surface area (Å²) in [5.41, 5.74) is -0.246. The minimum absolute atomic E-state index is 0.113. The third kappa shape index (κ3) is 6.84. The molecule has 142 valence electrons. The van der Waals surface area contributed by atoms with Crippen molar-refractivity contribution >= 4 is 23.2 Å². The van der Waals surface area contributed by atoms with Gasteiger partial charge in [-0.2, -0.15) is 0 Å². The monoisotopic (exact) mass is 371 g/mol. The number of amides is 1. The Labute approximate surface area is 156 Å². The van der Waals surface area contributed by atoms with Crippen molar-refractivity contribution in [2.24, 2.45) is 0 Å². The standard InChI is InChI=1S/C19H30ClNO4/c1-6-7-8-11-19(3,24-5)18(22)21-15-9-10-17(16(20)12-15)25-14(2)13-23-4/h9-10,12,14H,6-8,11,13H2,1-5H3,(H,21,22)/t14-,19+/m0/s1. The van der Waals surface area contributed by atoms with E-state index in [0.29, 0.717) is 29.5 Å². The zero-order valence-electron chi connectivity index (χ0n) is 15.9. The fourth-order valence-corrected chi connectivity index (χ4v) is 2.67. The largest absolute Gasteiger partial charge is 0.487 e. The Morgan fingerprint density at radius 2 is 2.04 bits per heavy atom. The summed E-state index contributed by atoms with van der Waals surface area (Å²) >= 11 is 6.26. The van der Waals surface area contributed by atoms with Crippen molar-refractivity contribution in [1.82, 2.24) is 0 Å². The molecule has 0 radical (unpaired) electrons. The number of unbranched alkanes of at least 4 members (excludes halogenated alkanes) is 2. The summed E-state index contributed by atoms with van der Waals surface area (Å²) in [6.45, 7) is 6.31. The first-order valence-electron chi connectivity index (χ1n) is 8.68. The lowest BCUT2D eigenvalue weighted by Gasteiger charge is -2.27. The Balaban J connectivity index is 2.75. The highest BCUT2D eigenvalue weighted by Crippen LogP contribution is 2.29. The lowest BCUT2D eigenvalue weighted by atomic mass is 9.97. The minimum Gasteiger partial charge on any atom is -0.487 e. The van der Waals surface area contributed by atoms with E-state index in [4.69, 9.17) is 25.8 Å². The molecule has 1 rings (SSSR count). The van der Waals surface area contributed by atoms with Crippen LogP contribution in [0.3, 0.4) is 0 Å². The number of ether oxygens (including phenoxy) is 3. The number of carbonyl (C=O) groups is 1. The molecule has 1 aromatic rings. The molecule has 1 amide bonds. The molecule has 0 fully saturated rings. The van der Waals surface area contributed by atoms with Crippen LogP contribution >= 0.6 is 11.6 Å². The summed E-state index contributed by atoms with van der Waals surface area (Å²) in [5.74, 6) is 0.380. The van der Waals surface area contributed by atoms with Crippen LogP contribution in [0.25, 0.3) is 0 Å². The number of anilines is 1. The normalized spacial score (nSPS) is 14.6. The van der Waals surface area contributed by atoms with Crippen molar-refractivity contribution in [3.63, 3.8) is 0 Å². The first-order valence-corrected chi connectivity index (χ1v) is 9.05. The molecule has 0 bridgehead atoms. The van der Waals surface area contributed by atoms with Gasteiger partial charge in [0.05, 0.1) is 11.6 Å². The topological polar surface area (TPSA) is 56.8 Å². The van der Waals surface area contributed by atoms with Crippen LogP contribution in [0.1, 0.15) is 46.5 Å². The molecule has 2 atom stereocenters. The van der Waals surface area contributed by atoms with E-state index in [1.165, 1.54) is 0 Å². The zero-order chi connectivity index (χ0) is 18.9. The molecule has 5 nitrogen and oxygen atoms in total. The van der Waals surface area contributed by atoms with E-state index in [1.54, 1.807) is 32.4 Å². The molecule has 6 heteroatoms. The van der Waals surface area contributed by atoms with Gasteiger partial charge in [0, 0.05) is 19.9 Å². The van der Waals surface area contributed by atoms with E-state index in [9.17, 15) is 4.79 Å². The van der Waals surface area contributed by atoms with Gasteiger partial charge in [0.15, 0.2) is 0 Å². The van der Waals surface area contributed by atoms with Crippen LogP contribution in [-0.4, -0.2) is 38.4 Å². The highest BCUT2D eigenvalue weighted by Gasteiger charge is 2.32. The maximum absolute atomic E-state index is 12.6. The van der Waals surface area contributed by atoms with E-state index in [2.05, 4.69) is 12.2 Å². The van der Waals surface area contributed by atoms with Gasteiger partial charge in [-0.05, 0) is 38.5 Å². The number of nitrogens with one attached hydrogen (secondary N) is 1. The maximum Gasteiger partial charge on any atom is 0.256 e. The third-order valence-corrected chi connectivity index (χ3v) is 4.40. The molecule has 0 aliphatic carbocycles. The summed E-state index contributed by atoms with van der Waals surface area (Å²) in [5, 5.41) is 3.31. The number of halogens is 1. The summed E-state index contributed by atoms with van der Waals surface area (Å²) in [4.78, 5) is 12.6. The lowest BCUT2D eigenvalue weighted by molar-refractivity contribution is -0.136. The molecule has 1 N–H and O–H groups in total. The van der Waals surface area contributed by atoms with Gasteiger partial charge in [-0.3, -0.25) is 4.79 Å². The molecule has 1 aromatic carbocycles. The van der Waals surface area contributed by atoms with Gasteiger partial charge < -0.3 is 19.5 Å². The molecule has 0 saturated carbocycles. The number of rotatable bonds is 11. The van der Waals surface area contributed by atoms with Crippen molar-refractivity contribution in [3.8, 4) is 5.75 Å². The van der Waals surface area contributed by atoms with Gasteiger partial charge in [0.2, 0.25) is 0 Å². The molecular weight excluding hydrogens is 342 g/mol. The van der Waals surface area contributed by atoms with Crippen LogP contribution in [0.5, 0.6) is 5.75 Å². The summed E-state index contributed by atoms with van der Waals surface area (Å²) in [7, 11) is 3.18. The first kappa shape index (κ1) is 21.7. The molecule has 0 aliphatic heterocycles. The highest BCUT2D eigenvalue weighted by atomic mass is 35.5. The van der Waals surface area contributed by atoms with Crippen molar-refractivity contribution in [2.75, 3.05) is 26.1 Å². The quantitative estimate of drug-likeness (QED) is 0.574. The van der Waals surface area contributed by atoms with Crippen LogP contribution < -0.4 is 10.1 Å². The Hall–Kier alpha value is -1.30. The average molecular weight is 372 g/mol. The molecular formula is C19H30ClNO4.